The van der Waals surface area contributed by atoms with Crippen LogP contribution in [0.5, 0.6) is 5.75 Å². The average Bonchev–Trinajstić information content (AvgIpc) is 3.66. The van der Waals surface area contributed by atoms with Gasteiger partial charge in [0.25, 0.3) is 0 Å². The molecule has 1 N–H and O–H groups in total. The van der Waals surface area contributed by atoms with Crippen LogP contribution in [-0.4, -0.2) is 41.0 Å². The summed E-state index contributed by atoms with van der Waals surface area (Å²) in [5, 5.41) is 7.01. The summed E-state index contributed by atoms with van der Waals surface area (Å²) in [7, 11) is 1.56. The molecule has 2 amide bonds. The van der Waals surface area contributed by atoms with Gasteiger partial charge < -0.3 is 14.5 Å². The maximum atomic E-state index is 15.4. The number of thioether (sulfide) groups is 1. The maximum absolute atomic E-state index is 15.4. The molecule has 0 bridgehead atoms. The minimum absolute atomic E-state index is 0.0571. The second-order valence-corrected chi connectivity index (χ2v) is 10.8. The molecule has 0 fully saturated rings. The van der Waals surface area contributed by atoms with E-state index in [1.807, 2.05) is 30.3 Å². The van der Waals surface area contributed by atoms with Gasteiger partial charge in [-0.2, -0.15) is 5.10 Å². The Morgan fingerprint density at radius 2 is 1.86 bits per heavy atom. The van der Waals surface area contributed by atoms with Crippen molar-refractivity contribution >= 4 is 29.4 Å². The Kier molecular flexibility index (Phi) is 7.97. The van der Waals surface area contributed by atoms with Gasteiger partial charge in [-0.3, -0.25) is 14.5 Å². The zero-order chi connectivity index (χ0) is 29.9. The predicted octanol–water partition coefficient (Wildman–Crippen LogP) is 5.90. The molecule has 0 saturated carbocycles. The fourth-order valence-corrected chi connectivity index (χ4v) is 6.21. The van der Waals surface area contributed by atoms with Gasteiger partial charge in [0.1, 0.15) is 35.5 Å². The number of aromatic nitrogens is 2. The molecule has 1 aliphatic rings. The standard InChI is InChI=1S/C32H26F2N4O4S/c1-41-23-12-10-22(11-13-23)38-32-29(30(36-38)20-6-3-2-4-7-20)31(25-14-9-21(33)16-26(25)34)43-19-28(40)37(32)18-27(39)35-17-24-8-5-15-42-24/h2-16,31H,17-19H2,1H3,(H,35,39)/t31-/m0/s1. The van der Waals surface area contributed by atoms with Crippen molar-refractivity contribution in [1.82, 2.24) is 15.1 Å². The quantitative estimate of drug-likeness (QED) is 0.239. The van der Waals surface area contributed by atoms with Crippen molar-refractivity contribution in [3.05, 3.63) is 120 Å². The van der Waals surface area contributed by atoms with Gasteiger partial charge in [0.15, 0.2) is 0 Å². The Labute approximate surface area is 250 Å². The summed E-state index contributed by atoms with van der Waals surface area (Å²) in [6, 6.07) is 23.3. The van der Waals surface area contributed by atoms with Gasteiger partial charge in [0.2, 0.25) is 11.8 Å². The molecule has 11 heteroatoms. The number of anilines is 1. The molecule has 3 aromatic carbocycles. The first-order valence-corrected chi connectivity index (χ1v) is 14.5. The third kappa shape index (κ3) is 5.76. The number of hydrogen-bond donors (Lipinski definition) is 1. The van der Waals surface area contributed by atoms with Crippen LogP contribution in [0.4, 0.5) is 14.6 Å². The minimum Gasteiger partial charge on any atom is -0.497 e. The third-order valence-electron chi connectivity index (χ3n) is 7.04. The van der Waals surface area contributed by atoms with E-state index in [9.17, 15) is 14.0 Å². The number of benzene rings is 3. The van der Waals surface area contributed by atoms with Crippen LogP contribution in [0, 0.1) is 11.6 Å². The van der Waals surface area contributed by atoms with E-state index >= 15 is 4.39 Å². The number of nitrogens with one attached hydrogen (secondary N) is 1. The van der Waals surface area contributed by atoms with Crippen LogP contribution in [0.25, 0.3) is 16.9 Å². The van der Waals surface area contributed by atoms with Gasteiger partial charge in [0.05, 0.1) is 42.3 Å². The largest absolute Gasteiger partial charge is 0.497 e. The highest BCUT2D eigenvalue weighted by atomic mass is 32.2. The molecule has 43 heavy (non-hydrogen) atoms. The fraction of sp³-hybridized carbons (Fsp3) is 0.156. The number of methoxy groups -OCH3 is 1. The van der Waals surface area contributed by atoms with Crippen molar-refractivity contribution in [1.29, 1.82) is 0 Å². The number of nitrogens with zero attached hydrogens (tertiary/aromatic N) is 3. The smallest absolute Gasteiger partial charge is 0.240 e. The molecule has 2 aromatic heterocycles. The number of fused-ring (bicyclic) bond motifs is 1. The molecule has 0 radical (unpaired) electrons. The number of hydrogen-bond acceptors (Lipinski definition) is 6. The van der Waals surface area contributed by atoms with Crippen LogP contribution in [-0.2, 0) is 16.1 Å². The Balaban J connectivity index is 1.55. The van der Waals surface area contributed by atoms with Crippen molar-refractivity contribution in [3.8, 4) is 22.7 Å². The van der Waals surface area contributed by atoms with Crippen molar-refractivity contribution in [2.45, 2.75) is 11.8 Å². The van der Waals surface area contributed by atoms with Gasteiger partial charge in [-0.15, -0.1) is 11.8 Å². The van der Waals surface area contributed by atoms with Crippen molar-refractivity contribution in [2.24, 2.45) is 0 Å². The van der Waals surface area contributed by atoms with Crippen LogP contribution in [0.3, 0.4) is 0 Å². The lowest BCUT2D eigenvalue weighted by Crippen LogP contribution is -2.42. The van der Waals surface area contributed by atoms with Crippen LogP contribution >= 0.6 is 11.8 Å². The number of furan rings is 1. The molecule has 8 nitrogen and oxygen atoms in total. The molecule has 0 aliphatic carbocycles. The highest BCUT2D eigenvalue weighted by Crippen LogP contribution is 2.49. The van der Waals surface area contributed by atoms with E-state index in [0.29, 0.717) is 34.3 Å². The van der Waals surface area contributed by atoms with Gasteiger partial charge >= 0.3 is 0 Å². The Morgan fingerprint density at radius 3 is 2.56 bits per heavy atom. The number of amides is 2. The second kappa shape index (κ2) is 12.1. The summed E-state index contributed by atoms with van der Waals surface area (Å²) in [5.41, 5.74) is 2.57. The first-order valence-electron chi connectivity index (χ1n) is 13.4. The van der Waals surface area contributed by atoms with Gasteiger partial charge in [-0.1, -0.05) is 36.4 Å². The first-order chi connectivity index (χ1) is 20.9. The zero-order valence-corrected chi connectivity index (χ0v) is 23.8. The lowest BCUT2D eigenvalue weighted by molar-refractivity contribution is -0.123. The van der Waals surface area contributed by atoms with E-state index in [-0.39, 0.29) is 30.3 Å². The van der Waals surface area contributed by atoms with Gasteiger partial charge in [-0.05, 0) is 42.5 Å². The predicted molar refractivity (Wildman–Crippen MR) is 159 cm³/mol. The third-order valence-corrected chi connectivity index (χ3v) is 8.28. The number of halogens is 2. The summed E-state index contributed by atoms with van der Waals surface area (Å²) in [6.07, 6.45) is 1.51. The fourth-order valence-electron chi connectivity index (χ4n) is 4.99. The van der Waals surface area contributed by atoms with E-state index in [0.717, 1.165) is 11.6 Å². The first kappa shape index (κ1) is 28.2. The molecule has 1 aliphatic heterocycles. The zero-order valence-electron chi connectivity index (χ0n) is 23.0. The molecule has 218 valence electrons. The average molecular weight is 601 g/mol. The highest BCUT2D eigenvalue weighted by Gasteiger charge is 2.38. The van der Waals surface area contributed by atoms with Gasteiger partial charge in [-0.25, -0.2) is 13.5 Å². The van der Waals surface area contributed by atoms with E-state index in [4.69, 9.17) is 14.3 Å². The number of rotatable bonds is 8. The van der Waals surface area contributed by atoms with E-state index in [2.05, 4.69) is 5.32 Å². The minimum atomic E-state index is -0.739. The highest BCUT2D eigenvalue weighted by molar-refractivity contribution is 8.00. The van der Waals surface area contributed by atoms with Crippen LogP contribution in [0.15, 0.2) is 95.6 Å². The molecular formula is C32H26F2N4O4S. The van der Waals surface area contributed by atoms with Gasteiger partial charge in [0, 0.05) is 22.8 Å². The molecule has 6 rings (SSSR count). The van der Waals surface area contributed by atoms with Crippen LogP contribution in [0.1, 0.15) is 22.1 Å². The molecule has 0 saturated heterocycles. The summed E-state index contributed by atoms with van der Waals surface area (Å²) in [4.78, 5) is 28.4. The Bertz CT molecular complexity index is 1760. The molecular weight excluding hydrogens is 574 g/mol. The van der Waals surface area contributed by atoms with Crippen molar-refractivity contribution < 1.29 is 27.5 Å². The summed E-state index contributed by atoms with van der Waals surface area (Å²) < 4.78 is 41.6. The Hall–Kier alpha value is -4.90. The lowest BCUT2D eigenvalue weighted by atomic mass is 9.99. The summed E-state index contributed by atoms with van der Waals surface area (Å²) >= 11 is 1.20. The van der Waals surface area contributed by atoms with E-state index in [1.165, 1.54) is 35.1 Å². The molecule has 0 spiro atoms. The van der Waals surface area contributed by atoms with Crippen molar-refractivity contribution in [3.63, 3.8) is 0 Å². The topological polar surface area (TPSA) is 89.6 Å². The lowest BCUT2D eigenvalue weighted by Gasteiger charge is -2.23. The summed E-state index contributed by atoms with van der Waals surface area (Å²) in [5.74, 6) is -0.778. The number of carbonyl (C=O) groups excluding carboxylic acids is 2. The van der Waals surface area contributed by atoms with E-state index in [1.54, 1.807) is 48.2 Å². The molecule has 1 atom stereocenters. The molecule has 0 unspecified atom stereocenters. The van der Waals surface area contributed by atoms with Crippen LogP contribution < -0.4 is 15.0 Å². The van der Waals surface area contributed by atoms with E-state index < -0.39 is 22.8 Å². The molecule has 3 heterocycles. The number of ether oxygens (including phenoxy) is 1. The molecule has 5 aromatic rings. The van der Waals surface area contributed by atoms with Crippen LogP contribution in [0.2, 0.25) is 0 Å². The SMILES string of the molecule is COc1ccc(-n2nc(-c3ccccc3)c3c2N(CC(=O)NCc2ccco2)C(=O)CS[C@H]3c2ccc(F)cc2F)cc1. The maximum Gasteiger partial charge on any atom is 0.240 e. The summed E-state index contributed by atoms with van der Waals surface area (Å²) in [6.45, 7) is -0.173. The normalized spacial score (nSPS) is 14.7. The van der Waals surface area contributed by atoms with Crippen molar-refractivity contribution in [2.75, 3.05) is 24.3 Å². The monoisotopic (exact) mass is 600 g/mol. The Morgan fingerprint density at radius 1 is 1.07 bits per heavy atom. The number of carbonyl (C=O) groups is 2. The second-order valence-electron chi connectivity index (χ2n) is 9.75.